The van der Waals surface area contributed by atoms with E-state index >= 15 is 0 Å². The quantitative estimate of drug-likeness (QED) is 0.0671. The van der Waals surface area contributed by atoms with E-state index in [1.54, 1.807) is 0 Å². The molecule has 0 aromatic carbocycles. The van der Waals surface area contributed by atoms with Crippen molar-refractivity contribution in [2.75, 3.05) is 0 Å². The maximum Gasteiger partial charge on any atom is 0.331 e. The van der Waals surface area contributed by atoms with E-state index in [0.29, 0.717) is 6.42 Å². The minimum atomic E-state index is -0.560. The fraction of sp³-hybridized carbons (Fsp3) is 0.600. The molecular weight excluding hydrogens is 491 g/mol. The Kier molecular flexibility index (Phi) is 10.7. The zero-order valence-corrected chi connectivity index (χ0v) is 21.5. The van der Waals surface area contributed by atoms with Gasteiger partial charge in [-0.1, -0.05) is 36.8 Å². The van der Waals surface area contributed by atoms with Crippen LogP contribution in [0.1, 0.15) is 73.6 Å². The van der Waals surface area contributed by atoms with E-state index in [-0.39, 0.29) is 17.5 Å². The zero-order chi connectivity index (χ0) is 22.9. The SMILES string of the molecule is C=C(I)CC[C@H]1O[C@@]1(C)[C@@H](C=C[C@](C)(CC=O)CCC=C(C)C)OC(=O)C=C(C)C. The molecule has 1 fully saturated rings. The molecule has 1 aliphatic rings. The largest absolute Gasteiger partial charge is 0.452 e. The van der Waals surface area contributed by atoms with E-state index in [0.717, 1.165) is 41.1 Å². The third kappa shape index (κ3) is 9.29. The van der Waals surface area contributed by atoms with Crippen molar-refractivity contribution in [1.82, 2.24) is 0 Å². The highest BCUT2D eigenvalue weighted by molar-refractivity contribution is 14.1. The van der Waals surface area contributed by atoms with Gasteiger partial charge >= 0.3 is 5.97 Å². The maximum absolute atomic E-state index is 12.3. The van der Waals surface area contributed by atoms with Gasteiger partial charge in [-0.15, -0.1) is 0 Å². The van der Waals surface area contributed by atoms with Gasteiger partial charge in [0, 0.05) is 12.5 Å². The van der Waals surface area contributed by atoms with Crippen molar-refractivity contribution in [3.8, 4) is 0 Å². The third-order valence-corrected chi connectivity index (χ3v) is 5.90. The van der Waals surface area contributed by atoms with Crippen LogP contribution in [0.2, 0.25) is 0 Å². The van der Waals surface area contributed by atoms with Crippen LogP contribution in [0.3, 0.4) is 0 Å². The molecule has 168 valence electrons. The maximum atomic E-state index is 12.3. The molecule has 30 heavy (non-hydrogen) atoms. The molecule has 1 saturated heterocycles. The number of carbonyl (C=O) groups excluding carboxylic acids is 2. The molecule has 0 aromatic heterocycles. The molecule has 1 aliphatic heterocycles. The fourth-order valence-electron chi connectivity index (χ4n) is 3.35. The minimum Gasteiger partial charge on any atom is -0.452 e. The lowest BCUT2D eigenvalue weighted by Crippen LogP contribution is -2.33. The Hall–Kier alpha value is -1.21. The summed E-state index contributed by atoms with van der Waals surface area (Å²) in [6.07, 6.45) is 12.0. The van der Waals surface area contributed by atoms with Crippen molar-refractivity contribution in [3.05, 3.63) is 45.6 Å². The molecule has 0 radical (unpaired) electrons. The van der Waals surface area contributed by atoms with Gasteiger partial charge < -0.3 is 14.3 Å². The molecule has 0 unspecified atom stereocenters. The van der Waals surface area contributed by atoms with Gasteiger partial charge in [-0.25, -0.2) is 4.79 Å². The smallest absolute Gasteiger partial charge is 0.331 e. The van der Waals surface area contributed by atoms with Crippen LogP contribution in [0, 0.1) is 5.41 Å². The summed E-state index contributed by atoms with van der Waals surface area (Å²) in [6.45, 7) is 15.9. The third-order valence-electron chi connectivity index (χ3n) is 5.36. The van der Waals surface area contributed by atoms with Crippen molar-refractivity contribution in [2.45, 2.75) is 91.5 Å². The molecule has 4 nitrogen and oxygen atoms in total. The monoisotopic (exact) mass is 528 g/mol. The Morgan fingerprint density at radius 2 is 1.97 bits per heavy atom. The van der Waals surface area contributed by atoms with Crippen LogP contribution in [-0.2, 0) is 19.1 Å². The van der Waals surface area contributed by atoms with Gasteiger partial charge in [0.15, 0.2) is 6.10 Å². The normalized spacial score (nSPS) is 23.2. The lowest BCUT2D eigenvalue weighted by molar-refractivity contribution is -0.143. The lowest BCUT2D eigenvalue weighted by atomic mass is 9.81. The predicted octanol–water partition coefficient (Wildman–Crippen LogP) is 6.65. The summed E-state index contributed by atoms with van der Waals surface area (Å²) in [5.41, 5.74) is 1.29. The highest BCUT2D eigenvalue weighted by Crippen LogP contribution is 2.45. The van der Waals surface area contributed by atoms with Gasteiger partial charge in [-0.2, -0.15) is 0 Å². The molecular formula is C25H37IO4. The summed E-state index contributed by atoms with van der Waals surface area (Å²) in [5, 5.41) is 0. The second-order valence-electron chi connectivity index (χ2n) is 9.13. The van der Waals surface area contributed by atoms with E-state index in [1.165, 1.54) is 11.6 Å². The molecule has 0 saturated carbocycles. The molecule has 0 N–H and O–H groups in total. The van der Waals surface area contributed by atoms with E-state index in [9.17, 15) is 9.59 Å². The number of epoxide rings is 1. The Morgan fingerprint density at radius 3 is 2.50 bits per heavy atom. The van der Waals surface area contributed by atoms with Crippen molar-refractivity contribution >= 4 is 34.8 Å². The van der Waals surface area contributed by atoms with E-state index < -0.39 is 11.7 Å². The van der Waals surface area contributed by atoms with Crippen LogP contribution in [0.25, 0.3) is 0 Å². The highest BCUT2D eigenvalue weighted by atomic mass is 127. The van der Waals surface area contributed by atoms with Crippen LogP contribution < -0.4 is 0 Å². The van der Waals surface area contributed by atoms with Gasteiger partial charge in [-0.05, 0) is 98.0 Å². The number of hydrogen-bond donors (Lipinski definition) is 0. The summed E-state index contributed by atoms with van der Waals surface area (Å²) in [7, 11) is 0. The van der Waals surface area contributed by atoms with Crippen LogP contribution in [-0.4, -0.2) is 30.1 Å². The van der Waals surface area contributed by atoms with Gasteiger partial charge in [0.2, 0.25) is 0 Å². The number of hydrogen-bond acceptors (Lipinski definition) is 4. The second-order valence-corrected chi connectivity index (χ2v) is 10.7. The van der Waals surface area contributed by atoms with Gasteiger partial charge in [0.1, 0.15) is 11.9 Å². The zero-order valence-electron chi connectivity index (χ0n) is 19.3. The Balaban J connectivity index is 3.03. The Labute approximate surface area is 196 Å². The Morgan fingerprint density at radius 1 is 1.30 bits per heavy atom. The highest BCUT2D eigenvalue weighted by Gasteiger charge is 2.58. The van der Waals surface area contributed by atoms with E-state index in [1.807, 2.05) is 32.9 Å². The summed E-state index contributed by atoms with van der Waals surface area (Å²) >= 11 is 2.22. The molecule has 1 heterocycles. The summed E-state index contributed by atoms with van der Waals surface area (Å²) in [4.78, 5) is 23.6. The summed E-state index contributed by atoms with van der Waals surface area (Å²) in [5.74, 6) is -0.375. The first-order chi connectivity index (χ1) is 13.9. The predicted molar refractivity (Wildman–Crippen MR) is 132 cm³/mol. The molecule has 4 atom stereocenters. The molecule has 0 aromatic rings. The number of halogens is 1. The number of esters is 1. The molecule has 1 rings (SSSR count). The summed E-state index contributed by atoms with van der Waals surface area (Å²) < 4.78 is 12.9. The van der Waals surface area contributed by atoms with Crippen molar-refractivity contribution in [3.63, 3.8) is 0 Å². The number of rotatable bonds is 13. The lowest BCUT2D eigenvalue weighted by Gasteiger charge is -2.25. The molecule has 0 amide bonds. The van der Waals surface area contributed by atoms with Crippen molar-refractivity contribution in [1.29, 1.82) is 0 Å². The van der Waals surface area contributed by atoms with Crippen LogP contribution in [0.4, 0.5) is 0 Å². The van der Waals surface area contributed by atoms with Crippen LogP contribution in [0.15, 0.2) is 45.6 Å². The van der Waals surface area contributed by atoms with Gasteiger partial charge in [-0.3, -0.25) is 0 Å². The molecule has 0 bridgehead atoms. The Bertz CT molecular complexity index is 713. The fourth-order valence-corrected chi connectivity index (χ4v) is 3.66. The minimum absolute atomic E-state index is 0.0150. The summed E-state index contributed by atoms with van der Waals surface area (Å²) in [6, 6.07) is 0. The number of carbonyl (C=O) groups is 2. The average Bonchev–Trinajstić information content (AvgIpc) is 3.27. The molecule has 5 heteroatoms. The first-order valence-electron chi connectivity index (χ1n) is 10.5. The van der Waals surface area contributed by atoms with E-state index in [2.05, 4.69) is 56.0 Å². The first-order valence-corrected chi connectivity index (χ1v) is 11.6. The standard InChI is InChI=1S/C25H37IO4/c1-18(2)9-8-13-24(6,15-16-27)14-12-21(29-23(28)17-19(3)4)25(7)22(30-25)11-10-20(5)26/h9,12,14,16-17,21-22H,5,8,10-11,13,15H2,1-4,6-7H3/t21-,22-,24-,25+/m1/s1. The van der Waals surface area contributed by atoms with Gasteiger partial charge in [0.25, 0.3) is 0 Å². The van der Waals surface area contributed by atoms with Crippen LogP contribution >= 0.6 is 22.6 Å². The molecule has 0 spiro atoms. The van der Waals surface area contributed by atoms with E-state index in [4.69, 9.17) is 9.47 Å². The van der Waals surface area contributed by atoms with Crippen molar-refractivity contribution < 1.29 is 19.1 Å². The average molecular weight is 528 g/mol. The molecule has 0 aliphatic carbocycles. The number of allylic oxidation sites excluding steroid dienone is 5. The van der Waals surface area contributed by atoms with Crippen LogP contribution in [0.5, 0.6) is 0 Å². The topological polar surface area (TPSA) is 55.9 Å². The second kappa shape index (κ2) is 12.0. The van der Waals surface area contributed by atoms with Gasteiger partial charge in [0.05, 0.1) is 6.10 Å². The number of ether oxygens (including phenoxy) is 2. The van der Waals surface area contributed by atoms with Crippen molar-refractivity contribution in [2.24, 2.45) is 5.41 Å². The number of aldehydes is 1. The first kappa shape index (κ1) is 26.8.